The van der Waals surface area contributed by atoms with Crippen LogP contribution in [0.3, 0.4) is 0 Å². The average molecular weight is 255 g/mol. The van der Waals surface area contributed by atoms with Crippen LogP contribution in [-0.2, 0) is 0 Å². The van der Waals surface area contributed by atoms with Crippen LogP contribution in [0.15, 0.2) is 36.9 Å². The maximum Gasteiger partial charge on any atom is 0.276 e. The van der Waals surface area contributed by atoms with Crippen molar-refractivity contribution >= 4 is 11.9 Å². The summed E-state index contributed by atoms with van der Waals surface area (Å²) in [7, 11) is 0. The van der Waals surface area contributed by atoms with Gasteiger partial charge in [-0.05, 0) is 18.2 Å². The number of nitrogens with one attached hydrogen (secondary N) is 3. The summed E-state index contributed by atoms with van der Waals surface area (Å²) in [4.78, 5) is 19.7. The molecular weight excluding hydrogens is 246 g/mol. The Morgan fingerprint density at radius 3 is 3.00 bits per heavy atom. The van der Waals surface area contributed by atoms with E-state index in [4.69, 9.17) is 0 Å². The lowest BCUT2D eigenvalue weighted by atomic mass is 10.2. The van der Waals surface area contributed by atoms with Gasteiger partial charge in [0.05, 0.1) is 5.69 Å². The van der Waals surface area contributed by atoms with E-state index in [0.717, 1.165) is 5.56 Å². The van der Waals surface area contributed by atoms with Crippen LogP contribution in [0.2, 0.25) is 0 Å². The average Bonchev–Trinajstić information content (AvgIpc) is 3.10. The van der Waals surface area contributed by atoms with Gasteiger partial charge in [-0.1, -0.05) is 0 Å². The number of anilines is 1. The fourth-order valence-electron chi connectivity index (χ4n) is 1.54. The molecule has 1 amide bonds. The highest BCUT2D eigenvalue weighted by Crippen LogP contribution is 2.16. The SMILES string of the molecule is O=C(Nc1ncn[nH]1)c1cc(-c2cccnc2)n[nH]1. The molecule has 8 nitrogen and oxygen atoms in total. The lowest BCUT2D eigenvalue weighted by Crippen LogP contribution is -2.13. The minimum Gasteiger partial charge on any atom is -0.289 e. The normalized spacial score (nSPS) is 10.3. The van der Waals surface area contributed by atoms with Crippen LogP contribution in [0.4, 0.5) is 5.95 Å². The molecule has 3 N–H and O–H groups in total. The van der Waals surface area contributed by atoms with Gasteiger partial charge in [-0.25, -0.2) is 5.10 Å². The molecule has 19 heavy (non-hydrogen) atoms. The molecule has 8 heteroatoms. The molecular formula is C11H9N7O. The molecule has 0 saturated carbocycles. The Morgan fingerprint density at radius 1 is 1.32 bits per heavy atom. The summed E-state index contributed by atoms with van der Waals surface area (Å²) in [6.45, 7) is 0. The first kappa shape index (κ1) is 11.1. The number of amides is 1. The minimum absolute atomic E-state index is 0.280. The predicted octanol–water partition coefficient (Wildman–Crippen LogP) is 0.842. The highest BCUT2D eigenvalue weighted by molar-refractivity contribution is 6.02. The second-order valence-corrected chi connectivity index (χ2v) is 3.70. The Hall–Kier alpha value is -3.03. The van der Waals surface area contributed by atoms with Crippen molar-refractivity contribution in [3.63, 3.8) is 0 Å². The molecule has 0 unspecified atom stereocenters. The molecule has 0 saturated heterocycles. The smallest absolute Gasteiger partial charge is 0.276 e. The lowest BCUT2D eigenvalue weighted by Gasteiger charge is -1.96. The van der Waals surface area contributed by atoms with Gasteiger partial charge in [0.1, 0.15) is 12.0 Å². The van der Waals surface area contributed by atoms with E-state index >= 15 is 0 Å². The number of hydrogen-bond acceptors (Lipinski definition) is 5. The second kappa shape index (κ2) is 4.69. The largest absolute Gasteiger partial charge is 0.289 e. The Balaban J connectivity index is 1.80. The third kappa shape index (κ3) is 2.32. The molecule has 0 aromatic carbocycles. The monoisotopic (exact) mass is 255 g/mol. The van der Waals surface area contributed by atoms with E-state index in [9.17, 15) is 4.79 Å². The summed E-state index contributed by atoms with van der Waals surface area (Å²) in [6, 6.07) is 5.31. The van der Waals surface area contributed by atoms with Crippen molar-refractivity contribution in [3.8, 4) is 11.3 Å². The first-order valence-corrected chi connectivity index (χ1v) is 5.45. The number of rotatable bonds is 3. The van der Waals surface area contributed by atoms with Gasteiger partial charge < -0.3 is 0 Å². The maximum atomic E-state index is 11.9. The third-order valence-corrected chi connectivity index (χ3v) is 2.43. The van der Waals surface area contributed by atoms with Gasteiger partial charge >= 0.3 is 0 Å². The van der Waals surface area contributed by atoms with E-state index < -0.39 is 0 Å². The molecule has 0 bridgehead atoms. The molecule has 0 aliphatic carbocycles. The van der Waals surface area contributed by atoms with E-state index in [-0.39, 0.29) is 11.9 Å². The van der Waals surface area contributed by atoms with E-state index in [1.54, 1.807) is 24.5 Å². The highest BCUT2D eigenvalue weighted by atomic mass is 16.2. The molecule has 0 fully saturated rings. The van der Waals surface area contributed by atoms with Crippen molar-refractivity contribution in [2.45, 2.75) is 0 Å². The maximum absolute atomic E-state index is 11.9. The summed E-state index contributed by atoms with van der Waals surface area (Å²) in [5.41, 5.74) is 1.81. The van der Waals surface area contributed by atoms with E-state index in [1.165, 1.54) is 6.33 Å². The van der Waals surface area contributed by atoms with Gasteiger partial charge in [-0.2, -0.15) is 15.2 Å². The molecule has 0 spiro atoms. The zero-order valence-electron chi connectivity index (χ0n) is 9.66. The van der Waals surface area contributed by atoms with E-state index in [1.807, 2.05) is 6.07 Å². The zero-order chi connectivity index (χ0) is 13.1. The first-order valence-electron chi connectivity index (χ1n) is 5.45. The molecule has 0 atom stereocenters. The highest BCUT2D eigenvalue weighted by Gasteiger charge is 2.12. The van der Waals surface area contributed by atoms with Gasteiger partial charge in [0.25, 0.3) is 5.91 Å². The van der Waals surface area contributed by atoms with E-state index in [2.05, 4.69) is 35.7 Å². The Labute approximate surface area is 107 Å². The molecule has 3 heterocycles. The van der Waals surface area contributed by atoms with Crippen molar-refractivity contribution in [1.29, 1.82) is 0 Å². The Morgan fingerprint density at radius 2 is 2.26 bits per heavy atom. The van der Waals surface area contributed by atoms with Crippen LogP contribution < -0.4 is 5.32 Å². The number of H-pyrrole nitrogens is 2. The number of aromatic nitrogens is 6. The Bertz CT molecular complexity index is 674. The zero-order valence-corrected chi connectivity index (χ0v) is 9.66. The number of aromatic amines is 2. The number of hydrogen-bond donors (Lipinski definition) is 3. The molecule has 94 valence electrons. The van der Waals surface area contributed by atoms with Gasteiger partial charge in [-0.15, -0.1) is 0 Å². The van der Waals surface area contributed by atoms with Crippen LogP contribution in [-0.4, -0.2) is 36.3 Å². The number of carbonyl (C=O) groups excluding carboxylic acids is 1. The van der Waals surface area contributed by atoms with Gasteiger partial charge in [0, 0.05) is 18.0 Å². The fraction of sp³-hybridized carbons (Fsp3) is 0. The molecule has 0 aliphatic heterocycles. The van der Waals surface area contributed by atoms with Crippen LogP contribution in [0.1, 0.15) is 10.5 Å². The van der Waals surface area contributed by atoms with Gasteiger partial charge in [-0.3, -0.25) is 20.2 Å². The summed E-state index contributed by atoms with van der Waals surface area (Å²) in [5, 5.41) is 15.5. The quantitative estimate of drug-likeness (QED) is 0.642. The summed E-state index contributed by atoms with van der Waals surface area (Å²) >= 11 is 0. The van der Waals surface area contributed by atoms with Crippen LogP contribution in [0, 0.1) is 0 Å². The van der Waals surface area contributed by atoms with Crippen molar-refractivity contribution in [2.75, 3.05) is 5.32 Å². The third-order valence-electron chi connectivity index (χ3n) is 2.43. The standard InChI is InChI=1S/C11H9N7O/c19-10(15-11-13-6-14-18-11)9-4-8(16-17-9)7-2-1-3-12-5-7/h1-6H,(H,16,17)(H2,13,14,15,18,19). The second-order valence-electron chi connectivity index (χ2n) is 3.70. The van der Waals surface area contributed by atoms with Gasteiger partial charge in [0.15, 0.2) is 0 Å². The summed E-state index contributed by atoms with van der Waals surface area (Å²) in [5.74, 6) is -0.0677. The number of pyridine rings is 1. The summed E-state index contributed by atoms with van der Waals surface area (Å²) in [6.07, 6.45) is 4.66. The topological polar surface area (TPSA) is 112 Å². The van der Waals surface area contributed by atoms with Crippen LogP contribution >= 0.6 is 0 Å². The van der Waals surface area contributed by atoms with Gasteiger partial charge in [0.2, 0.25) is 5.95 Å². The van der Waals surface area contributed by atoms with Crippen LogP contribution in [0.25, 0.3) is 11.3 Å². The minimum atomic E-state index is -0.348. The number of carbonyl (C=O) groups is 1. The predicted molar refractivity (Wildman–Crippen MR) is 66.2 cm³/mol. The molecule has 3 aromatic heterocycles. The van der Waals surface area contributed by atoms with Crippen molar-refractivity contribution in [1.82, 2.24) is 30.4 Å². The van der Waals surface area contributed by atoms with Crippen molar-refractivity contribution < 1.29 is 4.79 Å². The fourth-order valence-corrected chi connectivity index (χ4v) is 1.54. The van der Waals surface area contributed by atoms with Crippen LogP contribution in [0.5, 0.6) is 0 Å². The Kier molecular flexibility index (Phi) is 2.73. The van der Waals surface area contributed by atoms with Crippen molar-refractivity contribution in [3.05, 3.63) is 42.6 Å². The van der Waals surface area contributed by atoms with Crippen molar-refractivity contribution in [2.24, 2.45) is 0 Å². The molecule has 3 rings (SSSR count). The molecule has 3 aromatic rings. The molecule has 0 radical (unpaired) electrons. The summed E-state index contributed by atoms with van der Waals surface area (Å²) < 4.78 is 0. The van der Waals surface area contributed by atoms with E-state index in [0.29, 0.717) is 11.4 Å². The molecule has 0 aliphatic rings. The first-order chi connectivity index (χ1) is 9.33. The lowest BCUT2D eigenvalue weighted by molar-refractivity contribution is 0.102. The number of nitrogens with zero attached hydrogens (tertiary/aromatic N) is 4.